The van der Waals surface area contributed by atoms with Crippen LogP contribution in [0.4, 0.5) is 0 Å². The van der Waals surface area contributed by atoms with Crippen molar-refractivity contribution in [1.82, 2.24) is 15.0 Å². The van der Waals surface area contributed by atoms with Crippen LogP contribution in [0.3, 0.4) is 0 Å². The summed E-state index contributed by atoms with van der Waals surface area (Å²) in [6.07, 6.45) is 0.150. The number of likely N-dealkylation sites (N-methyl/N-ethyl adjacent to an activating group) is 2. The van der Waals surface area contributed by atoms with Crippen LogP contribution in [0.1, 0.15) is 28.6 Å². The van der Waals surface area contributed by atoms with E-state index in [0.717, 1.165) is 37.7 Å². The van der Waals surface area contributed by atoms with Crippen LogP contribution in [-0.4, -0.2) is 54.9 Å². The molecule has 0 spiro atoms. The first-order valence-corrected chi connectivity index (χ1v) is 8.53. The van der Waals surface area contributed by atoms with Crippen LogP contribution >= 0.6 is 0 Å². The summed E-state index contributed by atoms with van der Waals surface area (Å²) in [5, 5.41) is 4.05. The van der Waals surface area contributed by atoms with Gasteiger partial charge in [-0.1, -0.05) is 35.5 Å². The molecule has 130 valence electrons. The zero-order valence-corrected chi connectivity index (χ0v) is 15.0. The number of aromatic nitrogens is 1. The van der Waals surface area contributed by atoms with Crippen LogP contribution in [0.5, 0.6) is 0 Å². The van der Waals surface area contributed by atoms with E-state index in [1.807, 2.05) is 13.8 Å². The van der Waals surface area contributed by atoms with Gasteiger partial charge in [0.1, 0.15) is 5.76 Å². The van der Waals surface area contributed by atoms with Crippen molar-refractivity contribution in [2.45, 2.75) is 32.5 Å². The first-order valence-electron chi connectivity index (χ1n) is 8.53. The molecule has 1 fully saturated rings. The molecule has 1 aromatic carbocycles. The number of morpholine rings is 1. The van der Waals surface area contributed by atoms with E-state index in [0.29, 0.717) is 0 Å². The van der Waals surface area contributed by atoms with Crippen LogP contribution in [0.15, 0.2) is 34.9 Å². The van der Waals surface area contributed by atoms with Gasteiger partial charge in [-0.25, -0.2) is 0 Å². The maximum atomic E-state index is 6.14. The van der Waals surface area contributed by atoms with E-state index >= 15 is 0 Å². The van der Waals surface area contributed by atoms with Gasteiger partial charge in [0, 0.05) is 25.2 Å². The summed E-state index contributed by atoms with van der Waals surface area (Å²) in [4.78, 5) is 4.69. The highest BCUT2D eigenvalue weighted by molar-refractivity contribution is 5.22. The number of hydrogen-bond acceptors (Lipinski definition) is 5. The van der Waals surface area contributed by atoms with E-state index in [1.165, 1.54) is 11.1 Å². The van der Waals surface area contributed by atoms with Crippen LogP contribution in [0.25, 0.3) is 0 Å². The SMILES string of the molecule is Cc1noc(C)c1CN(C)C[C@@H]1OCCN(C)[C@H]1c1ccccc1. The second-order valence-electron chi connectivity index (χ2n) is 6.74. The summed E-state index contributed by atoms with van der Waals surface area (Å²) in [6, 6.07) is 10.9. The van der Waals surface area contributed by atoms with Gasteiger partial charge in [0.25, 0.3) is 0 Å². The molecule has 5 heteroatoms. The van der Waals surface area contributed by atoms with Crippen LogP contribution < -0.4 is 0 Å². The molecule has 0 bridgehead atoms. The Hall–Kier alpha value is -1.69. The first-order chi connectivity index (χ1) is 11.6. The van der Waals surface area contributed by atoms with Gasteiger partial charge < -0.3 is 9.26 Å². The van der Waals surface area contributed by atoms with Crippen molar-refractivity contribution in [3.63, 3.8) is 0 Å². The van der Waals surface area contributed by atoms with Crippen molar-refractivity contribution in [1.29, 1.82) is 0 Å². The number of aryl methyl sites for hydroxylation is 2. The van der Waals surface area contributed by atoms with E-state index in [2.05, 4.69) is 59.4 Å². The second-order valence-corrected chi connectivity index (χ2v) is 6.74. The first kappa shape index (κ1) is 17.1. The molecule has 24 heavy (non-hydrogen) atoms. The second kappa shape index (κ2) is 7.47. The zero-order chi connectivity index (χ0) is 17.1. The van der Waals surface area contributed by atoms with Gasteiger partial charge in [0.05, 0.1) is 24.4 Å². The lowest BCUT2D eigenvalue weighted by Gasteiger charge is -2.41. The molecule has 3 rings (SSSR count). The smallest absolute Gasteiger partial charge is 0.138 e. The Balaban J connectivity index is 1.72. The van der Waals surface area contributed by atoms with Crippen molar-refractivity contribution >= 4 is 0 Å². The molecule has 1 aliphatic heterocycles. The summed E-state index contributed by atoms with van der Waals surface area (Å²) in [6.45, 7) is 7.41. The Labute approximate surface area is 144 Å². The highest BCUT2D eigenvalue weighted by atomic mass is 16.5. The molecule has 0 amide bonds. The third-order valence-corrected chi connectivity index (χ3v) is 4.84. The normalized spacial score (nSPS) is 22.2. The van der Waals surface area contributed by atoms with Crippen LogP contribution in [0, 0.1) is 13.8 Å². The predicted octanol–water partition coefficient (Wildman–Crippen LogP) is 2.80. The number of benzene rings is 1. The Bertz CT molecular complexity index is 636. The highest BCUT2D eigenvalue weighted by Gasteiger charge is 2.32. The van der Waals surface area contributed by atoms with E-state index in [9.17, 15) is 0 Å². The quantitative estimate of drug-likeness (QED) is 0.844. The molecule has 2 heterocycles. The Kier molecular flexibility index (Phi) is 5.33. The van der Waals surface area contributed by atoms with Gasteiger partial charge in [0.15, 0.2) is 0 Å². The summed E-state index contributed by atoms with van der Waals surface area (Å²) in [7, 11) is 4.31. The molecule has 1 aliphatic rings. The minimum absolute atomic E-state index is 0.150. The van der Waals surface area contributed by atoms with Gasteiger partial charge in [-0.3, -0.25) is 9.80 Å². The van der Waals surface area contributed by atoms with Crippen molar-refractivity contribution in [3.05, 3.63) is 52.9 Å². The number of ether oxygens (including phenoxy) is 1. The van der Waals surface area contributed by atoms with Gasteiger partial charge in [-0.05, 0) is 33.5 Å². The van der Waals surface area contributed by atoms with Crippen LogP contribution in [-0.2, 0) is 11.3 Å². The van der Waals surface area contributed by atoms with E-state index in [4.69, 9.17) is 9.26 Å². The van der Waals surface area contributed by atoms with Crippen molar-refractivity contribution in [2.24, 2.45) is 0 Å². The Morgan fingerprint density at radius 2 is 2.00 bits per heavy atom. The van der Waals surface area contributed by atoms with Crippen molar-refractivity contribution in [2.75, 3.05) is 33.8 Å². The molecular weight excluding hydrogens is 302 g/mol. The summed E-state index contributed by atoms with van der Waals surface area (Å²) in [5.74, 6) is 0.903. The fourth-order valence-corrected chi connectivity index (χ4v) is 3.50. The molecular formula is C19H27N3O2. The standard InChI is InChI=1S/C19H27N3O2/c1-14-17(15(2)24-20-14)12-21(3)13-18-19(22(4)10-11-23-18)16-8-6-5-7-9-16/h5-9,18-19H,10-13H2,1-4H3/t18-,19-/m0/s1. The molecule has 0 radical (unpaired) electrons. The fourth-order valence-electron chi connectivity index (χ4n) is 3.50. The van der Waals surface area contributed by atoms with Crippen molar-refractivity contribution in [3.8, 4) is 0 Å². The average molecular weight is 329 g/mol. The Morgan fingerprint density at radius 3 is 2.67 bits per heavy atom. The molecule has 0 N–H and O–H groups in total. The largest absolute Gasteiger partial charge is 0.374 e. The molecule has 0 unspecified atom stereocenters. The number of hydrogen-bond donors (Lipinski definition) is 0. The lowest BCUT2D eigenvalue weighted by atomic mass is 9.98. The molecule has 2 aromatic rings. The monoisotopic (exact) mass is 329 g/mol. The maximum Gasteiger partial charge on any atom is 0.138 e. The maximum absolute atomic E-state index is 6.14. The molecule has 0 saturated carbocycles. The highest BCUT2D eigenvalue weighted by Crippen LogP contribution is 2.29. The topological polar surface area (TPSA) is 41.7 Å². The number of nitrogens with zero attached hydrogens (tertiary/aromatic N) is 3. The van der Waals surface area contributed by atoms with E-state index < -0.39 is 0 Å². The molecule has 1 aromatic heterocycles. The summed E-state index contributed by atoms with van der Waals surface area (Å²) < 4.78 is 11.4. The third-order valence-electron chi connectivity index (χ3n) is 4.84. The lowest BCUT2D eigenvalue weighted by Crippen LogP contribution is -2.47. The van der Waals surface area contributed by atoms with Gasteiger partial charge in [0.2, 0.25) is 0 Å². The molecule has 1 saturated heterocycles. The van der Waals surface area contributed by atoms with Gasteiger partial charge >= 0.3 is 0 Å². The van der Waals surface area contributed by atoms with E-state index in [-0.39, 0.29) is 12.1 Å². The van der Waals surface area contributed by atoms with Gasteiger partial charge in [-0.15, -0.1) is 0 Å². The third kappa shape index (κ3) is 3.69. The minimum atomic E-state index is 0.150. The van der Waals surface area contributed by atoms with Crippen molar-refractivity contribution < 1.29 is 9.26 Å². The molecule has 2 atom stereocenters. The fraction of sp³-hybridized carbons (Fsp3) is 0.526. The van der Waals surface area contributed by atoms with Crippen LogP contribution in [0.2, 0.25) is 0 Å². The van der Waals surface area contributed by atoms with E-state index in [1.54, 1.807) is 0 Å². The average Bonchev–Trinajstić information content (AvgIpc) is 2.88. The predicted molar refractivity (Wildman–Crippen MR) is 93.9 cm³/mol. The minimum Gasteiger partial charge on any atom is -0.374 e. The summed E-state index contributed by atoms with van der Waals surface area (Å²) in [5.41, 5.74) is 3.47. The Morgan fingerprint density at radius 1 is 1.25 bits per heavy atom. The zero-order valence-electron chi connectivity index (χ0n) is 15.0. The molecule has 5 nitrogen and oxygen atoms in total. The van der Waals surface area contributed by atoms with Gasteiger partial charge in [-0.2, -0.15) is 0 Å². The lowest BCUT2D eigenvalue weighted by molar-refractivity contribution is -0.0743. The summed E-state index contributed by atoms with van der Waals surface area (Å²) >= 11 is 0. The molecule has 0 aliphatic carbocycles. The number of rotatable bonds is 5.